The first kappa shape index (κ1) is 25.3. The molecule has 0 spiro atoms. The van der Waals surface area contributed by atoms with Crippen molar-refractivity contribution in [3.8, 4) is 5.75 Å². The van der Waals surface area contributed by atoms with Crippen LogP contribution in [0.5, 0.6) is 5.75 Å². The fourth-order valence-corrected chi connectivity index (χ4v) is 3.41. The fourth-order valence-electron chi connectivity index (χ4n) is 2.83. The molecule has 0 unspecified atom stereocenters. The summed E-state index contributed by atoms with van der Waals surface area (Å²) in [6, 6.07) is 9.45. The highest BCUT2D eigenvalue weighted by atomic mass is 35.5. The highest BCUT2D eigenvalue weighted by Gasteiger charge is 2.29. The van der Waals surface area contributed by atoms with E-state index >= 15 is 0 Å². The molecule has 0 aliphatic rings. The summed E-state index contributed by atoms with van der Waals surface area (Å²) in [6.07, 6.45) is 0. The van der Waals surface area contributed by atoms with Crippen LogP contribution in [0.2, 0.25) is 15.1 Å². The maximum absolute atomic E-state index is 13.1. The van der Waals surface area contributed by atoms with Crippen LogP contribution in [0.3, 0.4) is 0 Å². The Morgan fingerprint density at radius 2 is 1.74 bits per heavy atom. The predicted octanol–water partition coefficient (Wildman–Crippen LogP) is 5.67. The van der Waals surface area contributed by atoms with E-state index in [2.05, 4.69) is 5.32 Å². The highest BCUT2D eigenvalue weighted by molar-refractivity contribution is 6.35. The molecule has 2 aromatic rings. The second-order valence-corrected chi connectivity index (χ2v) is 9.62. The first-order valence-corrected chi connectivity index (χ1v) is 10.9. The number of hydrogen-bond acceptors (Lipinski definition) is 3. The van der Waals surface area contributed by atoms with Gasteiger partial charge >= 0.3 is 0 Å². The van der Waals surface area contributed by atoms with Gasteiger partial charge in [0, 0.05) is 27.2 Å². The molecular formula is C23H27Cl3N2O3. The molecule has 0 heterocycles. The van der Waals surface area contributed by atoms with Crippen molar-refractivity contribution in [3.63, 3.8) is 0 Å². The Morgan fingerprint density at radius 1 is 1.06 bits per heavy atom. The number of amides is 2. The van der Waals surface area contributed by atoms with Crippen molar-refractivity contribution in [3.05, 3.63) is 62.6 Å². The van der Waals surface area contributed by atoms with Gasteiger partial charge in [-0.15, -0.1) is 0 Å². The van der Waals surface area contributed by atoms with Gasteiger partial charge < -0.3 is 15.0 Å². The van der Waals surface area contributed by atoms with Gasteiger partial charge in [-0.05, 0) is 76.1 Å². The minimum Gasteiger partial charge on any atom is -0.484 e. The lowest BCUT2D eigenvalue weighted by atomic mass is 10.1. The zero-order chi connectivity index (χ0) is 23.3. The number of benzene rings is 2. The van der Waals surface area contributed by atoms with Crippen LogP contribution in [-0.2, 0) is 16.1 Å². The van der Waals surface area contributed by atoms with Crippen LogP contribution >= 0.6 is 34.8 Å². The van der Waals surface area contributed by atoms with E-state index in [1.807, 2.05) is 27.7 Å². The summed E-state index contributed by atoms with van der Waals surface area (Å²) in [5, 5.41) is 4.44. The number of nitrogens with zero attached hydrogens (tertiary/aromatic N) is 1. The van der Waals surface area contributed by atoms with E-state index < -0.39 is 11.6 Å². The van der Waals surface area contributed by atoms with Crippen molar-refractivity contribution in [2.75, 3.05) is 6.61 Å². The van der Waals surface area contributed by atoms with Crippen molar-refractivity contribution in [2.24, 2.45) is 0 Å². The Bertz CT molecular complexity index is 958. The quantitative estimate of drug-likeness (QED) is 0.550. The molecule has 0 saturated carbocycles. The number of halogens is 3. The number of nitrogens with one attached hydrogen (secondary N) is 1. The van der Waals surface area contributed by atoms with Gasteiger partial charge in [-0.3, -0.25) is 9.59 Å². The third-order valence-corrected chi connectivity index (χ3v) is 5.52. The van der Waals surface area contributed by atoms with Crippen LogP contribution in [0.15, 0.2) is 36.4 Å². The van der Waals surface area contributed by atoms with Crippen molar-refractivity contribution < 1.29 is 14.3 Å². The lowest BCUT2D eigenvalue weighted by Crippen LogP contribution is -2.53. The summed E-state index contributed by atoms with van der Waals surface area (Å²) in [7, 11) is 0. The minimum atomic E-state index is -0.742. The molecule has 0 fully saturated rings. The van der Waals surface area contributed by atoms with Gasteiger partial charge in [-0.2, -0.15) is 0 Å². The lowest BCUT2D eigenvalue weighted by molar-refractivity contribution is -0.142. The number of ether oxygens (including phenoxy) is 1. The SMILES string of the molecule is Cc1cc(OCC(=O)N(Cc2ccc(Cl)cc2Cl)[C@H](C)C(=O)NC(C)(C)C)ccc1Cl. The number of carbonyl (C=O) groups excluding carboxylic acids is 2. The molecule has 2 amide bonds. The van der Waals surface area contributed by atoms with Crippen LogP contribution in [0.4, 0.5) is 0 Å². The van der Waals surface area contributed by atoms with Gasteiger partial charge in [-0.25, -0.2) is 0 Å². The maximum atomic E-state index is 13.1. The van der Waals surface area contributed by atoms with E-state index in [-0.39, 0.29) is 25.0 Å². The third kappa shape index (κ3) is 7.60. The molecule has 2 rings (SSSR count). The van der Waals surface area contributed by atoms with Crippen molar-refractivity contribution in [1.82, 2.24) is 10.2 Å². The second-order valence-electron chi connectivity index (χ2n) is 8.37. The number of rotatable bonds is 7. The highest BCUT2D eigenvalue weighted by Crippen LogP contribution is 2.24. The lowest BCUT2D eigenvalue weighted by Gasteiger charge is -2.31. The topological polar surface area (TPSA) is 58.6 Å². The summed E-state index contributed by atoms with van der Waals surface area (Å²) in [4.78, 5) is 27.3. The average molecular weight is 486 g/mol. The molecular weight excluding hydrogens is 459 g/mol. The Labute approximate surface area is 198 Å². The molecule has 0 saturated heterocycles. The van der Waals surface area contributed by atoms with Gasteiger partial charge in [0.05, 0.1) is 0 Å². The van der Waals surface area contributed by atoms with E-state index in [9.17, 15) is 9.59 Å². The smallest absolute Gasteiger partial charge is 0.261 e. The summed E-state index contributed by atoms with van der Waals surface area (Å²) < 4.78 is 5.67. The molecule has 168 valence electrons. The Morgan fingerprint density at radius 3 is 2.32 bits per heavy atom. The second kappa shape index (κ2) is 10.6. The van der Waals surface area contributed by atoms with Crippen molar-refractivity contribution in [1.29, 1.82) is 0 Å². The number of carbonyl (C=O) groups is 2. The molecule has 5 nitrogen and oxygen atoms in total. The zero-order valence-electron chi connectivity index (χ0n) is 18.3. The van der Waals surface area contributed by atoms with Gasteiger partial charge in [-0.1, -0.05) is 40.9 Å². The summed E-state index contributed by atoms with van der Waals surface area (Å²) in [5.41, 5.74) is 1.08. The molecule has 0 radical (unpaired) electrons. The monoisotopic (exact) mass is 484 g/mol. The molecule has 0 bridgehead atoms. The average Bonchev–Trinajstić information content (AvgIpc) is 2.66. The Kier molecular flexibility index (Phi) is 8.64. The Hall–Kier alpha value is -1.95. The van der Waals surface area contributed by atoms with E-state index in [4.69, 9.17) is 39.5 Å². The summed E-state index contributed by atoms with van der Waals surface area (Å²) >= 11 is 18.3. The van der Waals surface area contributed by atoms with Crippen molar-refractivity contribution in [2.45, 2.75) is 52.7 Å². The number of aryl methyl sites for hydroxylation is 1. The minimum absolute atomic E-state index is 0.135. The molecule has 0 aliphatic carbocycles. The van der Waals surface area contributed by atoms with Gasteiger partial charge in [0.1, 0.15) is 11.8 Å². The predicted molar refractivity (Wildman–Crippen MR) is 126 cm³/mol. The summed E-state index contributed by atoms with van der Waals surface area (Å²) in [6.45, 7) is 9.07. The van der Waals surface area contributed by atoms with Crippen LogP contribution in [-0.4, -0.2) is 34.9 Å². The van der Waals surface area contributed by atoms with Crippen LogP contribution in [0.1, 0.15) is 38.8 Å². The van der Waals surface area contributed by atoms with Gasteiger partial charge in [0.15, 0.2) is 6.61 Å². The van der Waals surface area contributed by atoms with Crippen LogP contribution in [0.25, 0.3) is 0 Å². The standard InChI is InChI=1S/C23H27Cl3N2O3/c1-14-10-18(8-9-19(14)25)31-13-21(29)28(15(2)22(30)27-23(3,4)5)12-16-6-7-17(24)11-20(16)26/h6-11,15H,12-13H2,1-5H3,(H,27,30)/t15-/m1/s1. The number of hydrogen-bond donors (Lipinski definition) is 1. The molecule has 8 heteroatoms. The van der Waals surface area contributed by atoms with Gasteiger partial charge in [0.2, 0.25) is 5.91 Å². The Balaban J connectivity index is 2.23. The van der Waals surface area contributed by atoms with Crippen molar-refractivity contribution >= 4 is 46.6 Å². The molecule has 1 N–H and O–H groups in total. The molecule has 2 aromatic carbocycles. The largest absolute Gasteiger partial charge is 0.484 e. The van der Waals surface area contributed by atoms with Crippen LogP contribution in [0, 0.1) is 6.92 Å². The molecule has 0 aliphatic heterocycles. The molecule has 1 atom stereocenters. The first-order valence-electron chi connectivity index (χ1n) is 9.82. The maximum Gasteiger partial charge on any atom is 0.261 e. The van der Waals surface area contributed by atoms with E-state index in [0.29, 0.717) is 26.4 Å². The van der Waals surface area contributed by atoms with E-state index in [1.54, 1.807) is 43.3 Å². The van der Waals surface area contributed by atoms with E-state index in [0.717, 1.165) is 5.56 Å². The third-order valence-electron chi connectivity index (χ3n) is 4.51. The van der Waals surface area contributed by atoms with Crippen LogP contribution < -0.4 is 10.1 Å². The fraction of sp³-hybridized carbons (Fsp3) is 0.391. The molecule has 31 heavy (non-hydrogen) atoms. The first-order chi connectivity index (χ1) is 14.4. The molecule has 0 aromatic heterocycles. The normalized spacial score (nSPS) is 12.3. The van der Waals surface area contributed by atoms with E-state index in [1.165, 1.54) is 4.90 Å². The van der Waals surface area contributed by atoms with Gasteiger partial charge in [0.25, 0.3) is 5.91 Å². The summed E-state index contributed by atoms with van der Waals surface area (Å²) in [5.74, 6) is -0.102. The zero-order valence-corrected chi connectivity index (χ0v) is 20.5.